The topological polar surface area (TPSA) is 55.0 Å². The van der Waals surface area contributed by atoms with Gasteiger partial charge in [-0.25, -0.2) is 0 Å². The average Bonchev–Trinajstić information content (AvgIpc) is 2.48. The summed E-state index contributed by atoms with van der Waals surface area (Å²) in [5, 5.41) is 7.94. The molecule has 4 heteroatoms. The van der Waals surface area contributed by atoms with E-state index in [2.05, 4.69) is 28.9 Å². The molecule has 1 aromatic heterocycles. The molecule has 0 saturated carbocycles. The summed E-state index contributed by atoms with van der Waals surface area (Å²) in [5.74, 6) is 2.88. The quantitative estimate of drug-likeness (QED) is 0.725. The molecule has 0 aromatic carbocycles. The zero-order chi connectivity index (χ0) is 10.1. The van der Waals surface area contributed by atoms with Gasteiger partial charge in [0.1, 0.15) is 5.82 Å². The number of rotatable bonds is 1. The number of hydrogen-bond donors (Lipinski definition) is 1. The van der Waals surface area contributed by atoms with Crippen molar-refractivity contribution in [3.05, 3.63) is 12.1 Å². The molecule has 2 N–H and O–H groups in total. The molecular formula is C10H16N4. The van der Waals surface area contributed by atoms with Crippen molar-refractivity contribution < 1.29 is 0 Å². The van der Waals surface area contributed by atoms with Crippen molar-refractivity contribution in [1.29, 1.82) is 0 Å². The molecule has 2 unspecified atom stereocenters. The predicted molar refractivity (Wildman–Crippen MR) is 57.0 cm³/mol. The molecule has 0 aliphatic carbocycles. The standard InChI is InChI=1S/C10H16N4/c1-7-5-14(6-8(7)2)10-4-3-9(11)12-13-10/h3-4,7-8H,5-6H2,1-2H3,(H2,11,12). The molecule has 2 atom stereocenters. The Hall–Kier alpha value is -1.32. The second-order valence-corrected chi connectivity index (χ2v) is 4.18. The lowest BCUT2D eigenvalue weighted by Gasteiger charge is -2.15. The minimum atomic E-state index is 0.481. The van der Waals surface area contributed by atoms with Crippen LogP contribution in [0.25, 0.3) is 0 Å². The van der Waals surface area contributed by atoms with Gasteiger partial charge in [0.25, 0.3) is 0 Å². The van der Waals surface area contributed by atoms with E-state index in [1.165, 1.54) is 0 Å². The van der Waals surface area contributed by atoms with Crippen molar-refractivity contribution in [1.82, 2.24) is 10.2 Å². The minimum absolute atomic E-state index is 0.481. The maximum Gasteiger partial charge on any atom is 0.151 e. The van der Waals surface area contributed by atoms with E-state index >= 15 is 0 Å². The Kier molecular flexibility index (Phi) is 2.27. The zero-order valence-electron chi connectivity index (χ0n) is 8.64. The Morgan fingerprint density at radius 3 is 2.36 bits per heavy atom. The van der Waals surface area contributed by atoms with Crippen LogP contribution in [-0.4, -0.2) is 23.3 Å². The number of nitrogens with zero attached hydrogens (tertiary/aromatic N) is 3. The monoisotopic (exact) mass is 192 g/mol. The summed E-state index contributed by atoms with van der Waals surface area (Å²) in [4.78, 5) is 2.27. The lowest BCUT2D eigenvalue weighted by atomic mass is 10.0. The van der Waals surface area contributed by atoms with Gasteiger partial charge in [-0.1, -0.05) is 13.8 Å². The van der Waals surface area contributed by atoms with Gasteiger partial charge in [0.2, 0.25) is 0 Å². The van der Waals surface area contributed by atoms with Gasteiger partial charge in [-0.05, 0) is 24.0 Å². The van der Waals surface area contributed by atoms with E-state index in [0.717, 1.165) is 30.7 Å². The van der Waals surface area contributed by atoms with Crippen LogP contribution in [0.1, 0.15) is 13.8 Å². The van der Waals surface area contributed by atoms with Crippen LogP contribution >= 0.6 is 0 Å². The van der Waals surface area contributed by atoms with E-state index in [4.69, 9.17) is 5.73 Å². The average molecular weight is 192 g/mol. The lowest BCUT2D eigenvalue weighted by molar-refractivity contribution is 0.494. The highest BCUT2D eigenvalue weighted by molar-refractivity contribution is 5.42. The molecule has 1 saturated heterocycles. The van der Waals surface area contributed by atoms with Crippen molar-refractivity contribution in [2.24, 2.45) is 11.8 Å². The predicted octanol–water partition coefficient (Wildman–Crippen LogP) is 1.15. The van der Waals surface area contributed by atoms with Gasteiger partial charge in [-0.2, -0.15) is 0 Å². The van der Waals surface area contributed by atoms with Gasteiger partial charge in [0.05, 0.1) is 0 Å². The van der Waals surface area contributed by atoms with Crippen molar-refractivity contribution in [2.45, 2.75) is 13.8 Å². The maximum absolute atomic E-state index is 5.49. The maximum atomic E-state index is 5.49. The van der Waals surface area contributed by atoms with E-state index in [1.807, 2.05) is 6.07 Å². The molecule has 4 nitrogen and oxygen atoms in total. The van der Waals surface area contributed by atoms with Crippen molar-refractivity contribution >= 4 is 11.6 Å². The molecule has 0 spiro atoms. The second kappa shape index (κ2) is 3.44. The summed E-state index contributed by atoms with van der Waals surface area (Å²) in [7, 11) is 0. The Labute approximate surface area is 84.1 Å². The van der Waals surface area contributed by atoms with Crippen molar-refractivity contribution in [2.75, 3.05) is 23.7 Å². The largest absolute Gasteiger partial charge is 0.382 e. The molecule has 1 aliphatic heterocycles. The molecule has 14 heavy (non-hydrogen) atoms. The van der Waals surface area contributed by atoms with Crippen molar-refractivity contribution in [3.8, 4) is 0 Å². The van der Waals surface area contributed by atoms with Gasteiger partial charge >= 0.3 is 0 Å². The van der Waals surface area contributed by atoms with E-state index < -0.39 is 0 Å². The summed E-state index contributed by atoms with van der Waals surface area (Å²) >= 11 is 0. The molecule has 2 rings (SSSR count). The van der Waals surface area contributed by atoms with Gasteiger partial charge in [0, 0.05) is 13.1 Å². The molecule has 0 amide bonds. The van der Waals surface area contributed by atoms with Crippen LogP contribution in [0, 0.1) is 11.8 Å². The fourth-order valence-electron chi connectivity index (χ4n) is 1.82. The van der Waals surface area contributed by atoms with Gasteiger partial charge in [-0.3, -0.25) is 0 Å². The molecular weight excluding hydrogens is 176 g/mol. The first kappa shape index (κ1) is 9.24. The zero-order valence-corrected chi connectivity index (χ0v) is 8.64. The van der Waals surface area contributed by atoms with Crippen LogP contribution in [0.3, 0.4) is 0 Å². The number of nitrogen functional groups attached to an aromatic ring is 1. The number of aromatic nitrogens is 2. The van der Waals surface area contributed by atoms with Crippen LogP contribution < -0.4 is 10.6 Å². The fraction of sp³-hybridized carbons (Fsp3) is 0.600. The summed E-state index contributed by atoms with van der Waals surface area (Å²) in [5.41, 5.74) is 5.49. The van der Waals surface area contributed by atoms with Crippen molar-refractivity contribution in [3.63, 3.8) is 0 Å². The third-order valence-corrected chi connectivity index (χ3v) is 2.98. The molecule has 1 aromatic rings. The first-order valence-electron chi connectivity index (χ1n) is 5.01. The normalized spacial score (nSPS) is 26.9. The van der Waals surface area contributed by atoms with E-state index in [1.54, 1.807) is 6.07 Å². The Morgan fingerprint density at radius 1 is 1.21 bits per heavy atom. The minimum Gasteiger partial charge on any atom is -0.382 e. The molecule has 76 valence electrons. The summed E-state index contributed by atoms with van der Waals surface area (Å²) in [6, 6.07) is 3.74. The van der Waals surface area contributed by atoms with E-state index in [0.29, 0.717) is 5.82 Å². The van der Waals surface area contributed by atoms with Gasteiger partial charge < -0.3 is 10.6 Å². The van der Waals surface area contributed by atoms with Crippen LogP contribution in [-0.2, 0) is 0 Å². The van der Waals surface area contributed by atoms with Crippen LogP contribution in [0.5, 0.6) is 0 Å². The number of anilines is 2. The summed E-state index contributed by atoms with van der Waals surface area (Å²) in [6.07, 6.45) is 0. The molecule has 2 heterocycles. The first-order valence-corrected chi connectivity index (χ1v) is 5.01. The fourth-order valence-corrected chi connectivity index (χ4v) is 1.82. The van der Waals surface area contributed by atoms with Gasteiger partial charge in [-0.15, -0.1) is 10.2 Å². The lowest BCUT2D eigenvalue weighted by Crippen LogP contribution is -2.21. The van der Waals surface area contributed by atoms with E-state index in [9.17, 15) is 0 Å². The summed E-state index contributed by atoms with van der Waals surface area (Å²) < 4.78 is 0. The Morgan fingerprint density at radius 2 is 1.86 bits per heavy atom. The second-order valence-electron chi connectivity index (χ2n) is 4.18. The number of hydrogen-bond acceptors (Lipinski definition) is 4. The third kappa shape index (κ3) is 1.64. The highest BCUT2D eigenvalue weighted by Gasteiger charge is 2.26. The molecule has 0 radical (unpaired) electrons. The molecule has 1 aliphatic rings. The van der Waals surface area contributed by atoms with Crippen LogP contribution in [0.15, 0.2) is 12.1 Å². The first-order chi connectivity index (χ1) is 6.66. The third-order valence-electron chi connectivity index (χ3n) is 2.98. The smallest absolute Gasteiger partial charge is 0.151 e. The Balaban J connectivity index is 2.13. The molecule has 0 bridgehead atoms. The van der Waals surface area contributed by atoms with Crippen LogP contribution in [0.2, 0.25) is 0 Å². The molecule has 1 fully saturated rings. The van der Waals surface area contributed by atoms with Crippen LogP contribution in [0.4, 0.5) is 11.6 Å². The highest BCUT2D eigenvalue weighted by atomic mass is 15.3. The number of nitrogens with two attached hydrogens (primary N) is 1. The van der Waals surface area contributed by atoms with Gasteiger partial charge in [0.15, 0.2) is 5.82 Å². The highest BCUT2D eigenvalue weighted by Crippen LogP contribution is 2.25. The Bertz CT molecular complexity index is 298. The summed E-state index contributed by atoms with van der Waals surface area (Å²) in [6.45, 7) is 6.68. The SMILES string of the molecule is CC1CN(c2ccc(N)nn2)CC1C. The van der Waals surface area contributed by atoms with E-state index in [-0.39, 0.29) is 0 Å².